The van der Waals surface area contributed by atoms with Crippen LogP contribution >= 0.6 is 0 Å². The molecule has 3 rings (SSSR count). The minimum Gasteiger partial charge on any atom is -0.481 e. The highest BCUT2D eigenvalue weighted by Crippen LogP contribution is 2.18. The van der Waals surface area contributed by atoms with Crippen LogP contribution in [0.4, 0.5) is 0 Å². The van der Waals surface area contributed by atoms with Crippen LogP contribution in [0, 0.1) is 12.8 Å². The number of amides is 1. The molecular weight excluding hydrogens is 320 g/mol. The maximum atomic E-state index is 12.0. The Labute approximate surface area is 144 Å². The van der Waals surface area contributed by atoms with E-state index in [1.807, 2.05) is 42.5 Å². The summed E-state index contributed by atoms with van der Waals surface area (Å²) in [6, 6.07) is 15.3. The summed E-state index contributed by atoms with van der Waals surface area (Å²) in [6.45, 7) is 1.72. The molecule has 0 aliphatic rings. The Hall–Kier alpha value is -3.15. The third-order valence-electron chi connectivity index (χ3n) is 4.01. The summed E-state index contributed by atoms with van der Waals surface area (Å²) in [7, 11) is 0. The van der Waals surface area contributed by atoms with E-state index >= 15 is 0 Å². The minimum atomic E-state index is -0.956. The summed E-state index contributed by atoms with van der Waals surface area (Å²) in [5.41, 5.74) is 1.51. The predicted molar refractivity (Wildman–Crippen MR) is 92.4 cm³/mol. The van der Waals surface area contributed by atoms with Gasteiger partial charge in [0.2, 0.25) is 5.76 Å². The molecule has 25 heavy (non-hydrogen) atoms. The fourth-order valence-corrected chi connectivity index (χ4v) is 2.67. The van der Waals surface area contributed by atoms with E-state index in [-0.39, 0.29) is 12.3 Å². The van der Waals surface area contributed by atoms with Crippen molar-refractivity contribution in [1.82, 2.24) is 10.5 Å². The van der Waals surface area contributed by atoms with Gasteiger partial charge in [0.05, 0.1) is 11.6 Å². The number of benzene rings is 2. The largest absolute Gasteiger partial charge is 0.481 e. The van der Waals surface area contributed by atoms with Gasteiger partial charge in [-0.05, 0) is 29.7 Å². The molecule has 1 atom stereocenters. The van der Waals surface area contributed by atoms with Crippen molar-refractivity contribution in [3.05, 3.63) is 65.5 Å². The molecule has 1 aromatic heterocycles. The Morgan fingerprint density at radius 3 is 2.60 bits per heavy atom. The second kappa shape index (κ2) is 7.17. The quantitative estimate of drug-likeness (QED) is 0.721. The number of carbonyl (C=O) groups is 2. The van der Waals surface area contributed by atoms with Crippen molar-refractivity contribution in [1.29, 1.82) is 0 Å². The second-order valence-electron chi connectivity index (χ2n) is 5.96. The fourth-order valence-electron chi connectivity index (χ4n) is 2.67. The van der Waals surface area contributed by atoms with Crippen molar-refractivity contribution in [2.75, 3.05) is 6.54 Å². The number of aromatic nitrogens is 1. The monoisotopic (exact) mass is 338 g/mol. The lowest BCUT2D eigenvalue weighted by molar-refractivity contribution is -0.141. The standard InChI is InChI=1S/C19H18N2O4/c1-12-8-17(25-21-12)18(22)20-11-16(19(23)24)10-13-6-7-14-4-2-3-5-15(14)9-13/h2-9,16H,10-11H2,1H3,(H,20,22)(H,23,24)/t16-/m0/s1. The number of hydrogen-bond acceptors (Lipinski definition) is 4. The number of aliphatic carboxylic acids is 1. The van der Waals surface area contributed by atoms with Crippen LogP contribution in [0.15, 0.2) is 53.1 Å². The summed E-state index contributed by atoms with van der Waals surface area (Å²) in [4.78, 5) is 23.5. The van der Waals surface area contributed by atoms with E-state index in [2.05, 4.69) is 10.5 Å². The van der Waals surface area contributed by atoms with E-state index in [9.17, 15) is 14.7 Å². The van der Waals surface area contributed by atoms with Gasteiger partial charge in [0, 0.05) is 12.6 Å². The first kappa shape index (κ1) is 16.7. The molecule has 0 bridgehead atoms. The Morgan fingerprint density at radius 1 is 1.16 bits per heavy atom. The molecule has 0 aliphatic carbocycles. The highest BCUT2D eigenvalue weighted by molar-refractivity contribution is 5.91. The van der Waals surface area contributed by atoms with Gasteiger partial charge in [-0.1, -0.05) is 47.6 Å². The van der Waals surface area contributed by atoms with Gasteiger partial charge >= 0.3 is 5.97 Å². The van der Waals surface area contributed by atoms with Gasteiger partial charge in [-0.15, -0.1) is 0 Å². The van der Waals surface area contributed by atoms with Crippen LogP contribution in [-0.4, -0.2) is 28.7 Å². The van der Waals surface area contributed by atoms with Crippen LogP contribution in [-0.2, 0) is 11.2 Å². The second-order valence-corrected chi connectivity index (χ2v) is 5.96. The van der Waals surface area contributed by atoms with Crippen LogP contribution in [0.5, 0.6) is 0 Å². The zero-order valence-corrected chi connectivity index (χ0v) is 13.7. The van der Waals surface area contributed by atoms with Crippen LogP contribution in [0.1, 0.15) is 21.8 Å². The van der Waals surface area contributed by atoms with E-state index in [1.54, 1.807) is 6.92 Å². The maximum absolute atomic E-state index is 12.0. The molecule has 2 aromatic carbocycles. The number of fused-ring (bicyclic) bond motifs is 1. The van der Waals surface area contributed by atoms with Gasteiger partial charge in [-0.25, -0.2) is 0 Å². The van der Waals surface area contributed by atoms with Gasteiger partial charge in [0.15, 0.2) is 0 Å². The molecule has 3 aromatic rings. The summed E-state index contributed by atoms with van der Waals surface area (Å²) >= 11 is 0. The number of nitrogens with zero attached hydrogens (tertiary/aromatic N) is 1. The van der Waals surface area contributed by atoms with Crippen LogP contribution in [0.2, 0.25) is 0 Å². The molecular formula is C19H18N2O4. The summed E-state index contributed by atoms with van der Waals surface area (Å²) in [5.74, 6) is -2.07. The number of hydrogen-bond donors (Lipinski definition) is 2. The van der Waals surface area contributed by atoms with Gasteiger partial charge in [-0.2, -0.15) is 0 Å². The summed E-state index contributed by atoms with van der Waals surface area (Å²) < 4.78 is 4.88. The lowest BCUT2D eigenvalue weighted by Crippen LogP contribution is -2.34. The van der Waals surface area contributed by atoms with Gasteiger partial charge in [0.1, 0.15) is 0 Å². The van der Waals surface area contributed by atoms with Crippen LogP contribution < -0.4 is 5.32 Å². The molecule has 128 valence electrons. The number of rotatable bonds is 6. The molecule has 1 heterocycles. The lowest BCUT2D eigenvalue weighted by Gasteiger charge is -2.13. The molecule has 0 saturated carbocycles. The van der Waals surface area contributed by atoms with Gasteiger partial charge in [-0.3, -0.25) is 9.59 Å². The molecule has 0 unspecified atom stereocenters. The third kappa shape index (κ3) is 4.03. The minimum absolute atomic E-state index is 0.0146. The topological polar surface area (TPSA) is 92.4 Å². The van der Waals surface area contributed by atoms with Gasteiger partial charge in [0.25, 0.3) is 5.91 Å². The normalized spacial score (nSPS) is 12.0. The number of aryl methyl sites for hydroxylation is 1. The van der Waals surface area contributed by atoms with Crippen LogP contribution in [0.25, 0.3) is 10.8 Å². The number of carboxylic acids is 1. The maximum Gasteiger partial charge on any atom is 0.308 e. The SMILES string of the molecule is Cc1cc(C(=O)NC[C@H](Cc2ccc3ccccc3c2)C(=O)O)on1. The van der Waals surface area contributed by atoms with Crippen molar-refractivity contribution < 1.29 is 19.2 Å². The smallest absolute Gasteiger partial charge is 0.308 e. The van der Waals surface area contributed by atoms with E-state index in [0.29, 0.717) is 12.1 Å². The summed E-state index contributed by atoms with van der Waals surface area (Å²) in [6.07, 6.45) is 0.329. The lowest BCUT2D eigenvalue weighted by atomic mass is 9.97. The first-order valence-corrected chi connectivity index (χ1v) is 7.95. The van der Waals surface area contributed by atoms with Crippen molar-refractivity contribution in [2.45, 2.75) is 13.3 Å². The van der Waals surface area contributed by atoms with Crippen LogP contribution in [0.3, 0.4) is 0 Å². The van der Waals surface area contributed by atoms with Crippen molar-refractivity contribution in [3.63, 3.8) is 0 Å². The Bertz CT molecular complexity index is 916. The Kier molecular flexibility index (Phi) is 4.79. The molecule has 0 fully saturated rings. The third-order valence-corrected chi connectivity index (χ3v) is 4.01. The summed E-state index contributed by atoms with van der Waals surface area (Å²) in [5, 5.41) is 17.9. The average Bonchev–Trinajstić information content (AvgIpc) is 3.04. The fraction of sp³-hybridized carbons (Fsp3) is 0.211. The average molecular weight is 338 g/mol. The van der Waals surface area contributed by atoms with E-state index in [0.717, 1.165) is 16.3 Å². The first-order chi connectivity index (χ1) is 12.0. The predicted octanol–water partition coefficient (Wildman–Crippen LogP) is 2.81. The van der Waals surface area contributed by atoms with E-state index < -0.39 is 17.8 Å². The number of carboxylic acid groups (broad SMARTS) is 1. The van der Waals surface area contributed by atoms with Crippen molar-refractivity contribution in [3.8, 4) is 0 Å². The highest BCUT2D eigenvalue weighted by atomic mass is 16.5. The molecule has 6 heteroatoms. The van der Waals surface area contributed by atoms with Crippen molar-refractivity contribution >= 4 is 22.6 Å². The number of nitrogens with one attached hydrogen (secondary N) is 1. The molecule has 2 N–H and O–H groups in total. The van der Waals surface area contributed by atoms with Gasteiger partial charge < -0.3 is 14.9 Å². The first-order valence-electron chi connectivity index (χ1n) is 7.95. The Morgan fingerprint density at radius 2 is 1.92 bits per heavy atom. The molecule has 0 spiro atoms. The molecule has 0 saturated heterocycles. The molecule has 6 nitrogen and oxygen atoms in total. The molecule has 1 amide bonds. The van der Waals surface area contributed by atoms with E-state index in [4.69, 9.17) is 4.52 Å². The van der Waals surface area contributed by atoms with Crippen molar-refractivity contribution in [2.24, 2.45) is 5.92 Å². The zero-order valence-electron chi connectivity index (χ0n) is 13.7. The zero-order chi connectivity index (χ0) is 17.8. The van der Waals surface area contributed by atoms with E-state index in [1.165, 1.54) is 6.07 Å². The molecule has 0 radical (unpaired) electrons. The molecule has 0 aliphatic heterocycles. The number of carbonyl (C=O) groups excluding carboxylic acids is 1. The highest BCUT2D eigenvalue weighted by Gasteiger charge is 2.20. The Balaban J connectivity index is 1.68.